The smallest absolute Gasteiger partial charge is 0.223 e. The van der Waals surface area contributed by atoms with Crippen molar-refractivity contribution in [1.82, 2.24) is 9.97 Å². The third-order valence-electron chi connectivity index (χ3n) is 1.83. The summed E-state index contributed by atoms with van der Waals surface area (Å²) < 4.78 is 0. The van der Waals surface area contributed by atoms with Crippen molar-refractivity contribution in [2.24, 2.45) is 5.84 Å². The summed E-state index contributed by atoms with van der Waals surface area (Å²) in [5.41, 5.74) is 7.97. The van der Waals surface area contributed by atoms with Crippen LogP contribution in [0.4, 0.5) is 17.6 Å². The Morgan fingerprint density at radius 3 is 2.79 bits per heavy atom. The van der Waals surface area contributed by atoms with Crippen LogP contribution in [0.25, 0.3) is 0 Å². The molecule has 0 aliphatic heterocycles. The Kier molecular flexibility index (Phi) is 3.47. The fourth-order valence-electron chi connectivity index (χ4n) is 1.17. The molecule has 78 valence electrons. The summed E-state index contributed by atoms with van der Waals surface area (Å²) in [7, 11) is 1.95. The van der Waals surface area contributed by atoms with Crippen molar-refractivity contribution in [3.8, 4) is 0 Å². The Morgan fingerprint density at radius 2 is 2.21 bits per heavy atom. The molecule has 14 heavy (non-hydrogen) atoms. The van der Waals surface area contributed by atoms with Gasteiger partial charge in [-0.25, -0.2) is 5.84 Å². The Hall–Kier alpha value is -1.56. The molecular weight excluding hydrogens is 180 g/mol. The summed E-state index contributed by atoms with van der Waals surface area (Å²) in [5, 5.41) is 0. The summed E-state index contributed by atoms with van der Waals surface area (Å²) in [4.78, 5) is 9.99. The average Bonchev–Trinajstić information content (AvgIpc) is 2.17. The molecule has 0 aromatic carbocycles. The summed E-state index contributed by atoms with van der Waals surface area (Å²) >= 11 is 0. The minimum Gasteiger partial charge on any atom is -0.368 e. The van der Waals surface area contributed by atoms with Crippen LogP contribution >= 0.6 is 0 Å². The van der Waals surface area contributed by atoms with Crippen molar-refractivity contribution >= 4 is 17.6 Å². The zero-order chi connectivity index (χ0) is 10.6. The number of nitrogens with one attached hydrogen (secondary N) is 1. The lowest BCUT2D eigenvalue weighted by molar-refractivity contribution is 0.836. The van der Waals surface area contributed by atoms with Gasteiger partial charge in [0.2, 0.25) is 5.95 Å². The van der Waals surface area contributed by atoms with Crippen LogP contribution in [-0.4, -0.2) is 23.6 Å². The van der Waals surface area contributed by atoms with E-state index >= 15 is 0 Å². The van der Waals surface area contributed by atoms with Gasteiger partial charge in [0.15, 0.2) is 0 Å². The number of rotatable bonds is 4. The van der Waals surface area contributed by atoms with E-state index in [4.69, 9.17) is 11.6 Å². The van der Waals surface area contributed by atoms with Crippen molar-refractivity contribution < 1.29 is 0 Å². The van der Waals surface area contributed by atoms with Crippen LogP contribution in [0.5, 0.6) is 0 Å². The SMILES string of the molecule is CCCN(C)c1cc(NN)nc(N)n1. The van der Waals surface area contributed by atoms with E-state index in [1.807, 2.05) is 11.9 Å². The average molecular weight is 196 g/mol. The van der Waals surface area contributed by atoms with Crippen LogP contribution in [0.3, 0.4) is 0 Å². The summed E-state index contributed by atoms with van der Waals surface area (Å²) in [6, 6.07) is 1.76. The Labute approximate surface area is 83.3 Å². The molecule has 6 nitrogen and oxygen atoms in total. The van der Waals surface area contributed by atoms with Gasteiger partial charge in [0.1, 0.15) is 11.6 Å². The second kappa shape index (κ2) is 4.61. The second-order valence-electron chi connectivity index (χ2n) is 3.04. The lowest BCUT2D eigenvalue weighted by atomic mass is 10.4. The van der Waals surface area contributed by atoms with Gasteiger partial charge in [0, 0.05) is 19.7 Å². The first-order chi connectivity index (χ1) is 6.67. The zero-order valence-corrected chi connectivity index (χ0v) is 8.49. The quantitative estimate of drug-likeness (QED) is 0.470. The van der Waals surface area contributed by atoms with Gasteiger partial charge in [0.25, 0.3) is 0 Å². The molecular formula is C8H16N6. The van der Waals surface area contributed by atoms with Crippen LogP contribution in [0, 0.1) is 0 Å². The number of nitrogens with two attached hydrogens (primary N) is 2. The minimum absolute atomic E-state index is 0.221. The molecule has 0 bridgehead atoms. The normalized spacial score (nSPS) is 9.93. The molecule has 0 spiro atoms. The predicted molar refractivity (Wildman–Crippen MR) is 57.8 cm³/mol. The first-order valence-electron chi connectivity index (χ1n) is 4.49. The first kappa shape index (κ1) is 10.5. The lowest BCUT2D eigenvalue weighted by Crippen LogP contribution is -2.20. The zero-order valence-electron chi connectivity index (χ0n) is 8.49. The van der Waals surface area contributed by atoms with Crippen molar-refractivity contribution in [1.29, 1.82) is 0 Å². The molecule has 1 aromatic rings. The van der Waals surface area contributed by atoms with Crippen LogP contribution in [0.1, 0.15) is 13.3 Å². The monoisotopic (exact) mass is 196 g/mol. The number of nitrogen functional groups attached to an aromatic ring is 2. The van der Waals surface area contributed by atoms with Crippen LogP contribution in [0.15, 0.2) is 6.07 Å². The van der Waals surface area contributed by atoms with Gasteiger partial charge in [-0.05, 0) is 6.42 Å². The van der Waals surface area contributed by atoms with Gasteiger partial charge in [-0.15, -0.1) is 0 Å². The summed E-state index contributed by atoms with van der Waals surface area (Å²) in [6.45, 7) is 3.02. The highest BCUT2D eigenvalue weighted by molar-refractivity contribution is 5.51. The number of aromatic nitrogens is 2. The molecule has 0 amide bonds. The Bertz CT molecular complexity index is 300. The van der Waals surface area contributed by atoms with Crippen molar-refractivity contribution in [2.75, 3.05) is 29.7 Å². The van der Waals surface area contributed by atoms with Crippen molar-refractivity contribution in [2.45, 2.75) is 13.3 Å². The third-order valence-corrected chi connectivity index (χ3v) is 1.83. The molecule has 6 heteroatoms. The van der Waals surface area contributed by atoms with Crippen LogP contribution in [-0.2, 0) is 0 Å². The molecule has 1 heterocycles. The molecule has 5 N–H and O–H groups in total. The first-order valence-corrected chi connectivity index (χ1v) is 4.49. The Morgan fingerprint density at radius 1 is 1.50 bits per heavy atom. The standard InChI is InChI=1S/C8H16N6/c1-3-4-14(2)7-5-6(13-10)11-8(9)12-7/h5H,3-4,10H2,1-2H3,(H3,9,11,12,13). The molecule has 0 fully saturated rings. The molecule has 0 saturated heterocycles. The fraction of sp³-hybridized carbons (Fsp3) is 0.500. The van der Waals surface area contributed by atoms with Gasteiger partial charge in [-0.1, -0.05) is 6.92 Å². The lowest BCUT2D eigenvalue weighted by Gasteiger charge is -2.17. The predicted octanol–water partition coefficient (Wildman–Crippen LogP) is 0.191. The summed E-state index contributed by atoms with van der Waals surface area (Å²) in [5.74, 6) is 6.76. The highest BCUT2D eigenvalue weighted by atomic mass is 15.3. The van der Waals surface area contributed by atoms with E-state index in [1.54, 1.807) is 6.07 Å². The van der Waals surface area contributed by atoms with Gasteiger partial charge >= 0.3 is 0 Å². The molecule has 1 rings (SSSR count). The van der Waals surface area contributed by atoms with E-state index in [9.17, 15) is 0 Å². The molecule has 0 aliphatic carbocycles. The van der Waals surface area contributed by atoms with Gasteiger partial charge in [-0.3, -0.25) is 0 Å². The molecule has 0 atom stereocenters. The highest BCUT2D eigenvalue weighted by Gasteiger charge is 2.04. The molecule has 0 saturated carbocycles. The molecule has 0 aliphatic rings. The number of hydrazine groups is 1. The maximum absolute atomic E-state index is 5.52. The van der Waals surface area contributed by atoms with Gasteiger partial charge in [-0.2, -0.15) is 9.97 Å². The Balaban J connectivity index is 2.90. The summed E-state index contributed by atoms with van der Waals surface area (Å²) in [6.07, 6.45) is 1.05. The van der Waals surface area contributed by atoms with E-state index in [0.717, 1.165) is 18.8 Å². The number of hydrogen-bond acceptors (Lipinski definition) is 6. The second-order valence-corrected chi connectivity index (χ2v) is 3.04. The topological polar surface area (TPSA) is 93.1 Å². The van der Waals surface area contributed by atoms with Gasteiger partial charge < -0.3 is 16.1 Å². The van der Waals surface area contributed by atoms with Crippen molar-refractivity contribution in [3.05, 3.63) is 6.07 Å². The van der Waals surface area contributed by atoms with E-state index in [-0.39, 0.29) is 5.95 Å². The van der Waals surface area contributed by atoms with Gasteiger partial charge in [0.05, 0.1) is 0 Å². The number of anilines is 3. The maximum atomic E-state index is 5.52. The van der Waals surface area contributed by atoms with E-state index in [2.05, 4.69) is 22.3 Å². The van der Waals surface area contributed by atoms with E-state index < -0.39 is 0 Å². The molecule has 0 radical (unpaired) electrons. The van der Waals surface area contributed by atoms with Crippen LogP contribution < -0.4 is 21.9 Å². The number of nitrogens with zero attached hydrogens (tertiary/aromatic N) is 3. The highest BCUT2D eigenvalue weighted by Crippen LogP contribution is 2.14. The van der Waals surface area contributed by atoms with Crippen molar-refractivity contribution in [3.63, 3.8) is 0 Å². The largest absolute Gasteiger partial charge is 0.368 e. The maximum Gasteiger partial charge on any atom is 0.223 e. The van der Waals surface area contributed by atoms with E-state index in [1.165, 1.54) is 0 Å². The molecule has 1 aromatic heterocycles. The molecule has 0 unspecified atom stereocenters. The van der Waals surface area contributed by atoms with Crippen LogP contribution in [0.2, 0.25) is 0 Å². The third kappa shape index (κ3) is 2.46. The fourth-order valence-corrected chi connectivity index (χ4v) is 1.17. The number of hydrogen-bond donors (Lipinski definition) is 3. The minimum atomic E-state index is 0.221. The van der Waals surface area contributed by atoms with E-state index in [0.29, 0.717) is 5.82 Å².